The van der Waals surface area contributed by atoms with E-state index >= 15 is 0 Å². The monoisotopic (exact) mass is 281 g/mol. The molecule has 0 aliphatic heterocycles. The van der Waals surface area contributed by atoms with Crippen molar-refractivity contribution in [1.29, 1.82) is 0 Å². The molecule has 0 unspecified atom stereocenters. The van der Waals surface area contributed by atoms with Gasteiger partial charge in [0, 0.05) is 44.3 Å². The molecular formula is C13H19N3O2S. The number of nitrogens with one attached hydrogen (secondary N) is 2. The first-order chi connectivity index (χ1) is 9.00. The minimum absolute atomic E-state index is 0.113. The summed E-state index contributed by atoms with van der Waals surface area (Å²) in [6.45, 7) is 1.10. The number of sulfonamides is 1. The lowest BCUT2D eigenvalue weighted by molar-refractivity contribution is 0.517. The SMILES string of the molecule is CN(C)S(=O)(=O)CCNCc1c[nH]c2ccccc12. The number of para-hydroxylation sites is 1. The van der Waals surface area contributed by atoms with Gasteiger partial charge >= 0.3 is 0 Å². The van der Waals surface area contributed by atoms with E-state index in [4.69, 9.17) is 0 Å². The van der Waals surface area contributed by atoms with Crippen LogP contribution in [0.15, 0.2) is 30.5 Å². The van der Waals surface area contributed by atoms with Gasteiger partial charge in [0.25, 0.3) is 0 Å². The van der Waals surface area contributed by atoms with Crippen LogP contribution in [0.1, 0.15) is 5.56 Å². The van der Waals surface area contributed by atoms with E-state index in [0.29, 0.717) is 13.1 Å². The van der Waals surface area contributed by atoms with Crippen LogP contribution in [0.25, 0.3) is 10.9 Å². The Balaban J connectivity index is 1.90. The molecular weight excluding hydrogens is 262 g/mol. The number of benzene rings is 1. The number of fused-ring (bicyclic) bond motifs is 1. The maximum absolute atomic E-state index is 11.6. The Morgan fingerprint density at radius 1 is 1.26 bits per heavy atom. The molecule has 2 N–H and O–H groups in total. The molecule has 0 amide bonds. The maximum Gasteiger partial charge on any atom is 0.214 e. The summed E-state index contributed by atoms with van der Waals surface area (Å²) < 4.78 is 24.4. The quantitative estimate of drug-likeness (QED) is 0.781. The van der Waals surface area contributed by atoms with E-state index < -0.39 is 10.0 Å². The number of aromatic amines is 1. The van der Waals surface area contributed by atoms with E-state index in [-0.39, 0.29) is 5.75 Å². The van der Waals surface area contributed by atoms with Gasteiger partial charge in [0.15, 0.2) is 0 Å². The minimum atomic E-state index is -3.12. The molecule has 0 radical (unpaired) electrons. The number of hydrogen-bond donors (Lipinski definition) is 2. The van der Waals surface area contributed by atoms with Crippen molar-refractivity contribution in [3.63, 3.8) is 0 Å². The lowest BCUT2D eigenvalue weighted by Crippen LogP contribution is -2.30. The van der Waals surface area contributed by atoms with Crippen LogP contribution >= 0.6 is 0 Å². The summed E-state index contributed by atoms with van der Waals surface area (Å²) in [5.41, 5.74) is 2.25. The van der Waals surface area contributed by atoms with Crippen LogP contribution in [0.3, 0.4) is 0 Å². The lowest BCUT2D eigenvalue weighted by Gasteiger charge is -2.11. The van der Waals surface area contributed by atoms with Crippen LogP contribution in [-0.4, -0.2) is 44.1 Å². The molecule has 1 heterocycles. The van der Waals surface area contributed by atoms with Crippen LogP contribution in [0.5, 0.6) is 0 Å². The van der Waals surface area contributed by atoms with Crippen LogP contribution in [0.4, 0.5) is 0 Å². The van der Waals surface area contributed by atoms with Crippen LogP contribution in [0, 0.1) is 0 Å². The third-order valence-electron chi connectivity index (χ3n) is 3.08. The average Bonchev–Trinajstić information content (AvgIpc) is 2.78. The normalized spacial score (nSPS) is 12.4. The van der Waals surface area contributed by atoms with Gasteiger partial charge < -0.3 is 10.3 Å². The van der Waals surface area contributed by atoms with Crippen molar-refractivity contribution in [3.05, 3.63) is 36.0 Å². The smallest absolute Gasteiger partial charge is 0.214 e. The van der Waals surface area contributed by atoms with Crippen LogP contribution < -0.4 is 5.32 Å². The number of rotatable bonds is 6. The van der Waals surface area contributed by atoms with E-state index in [1.54, 1.807) is 14.1 Å². The summed E-state index contributed by atoms with van der Waals surface area (Å²) in [6.07, 6.45) is 1.96. The number of nitrogens with zero attached hydrogens (tertiary/aromatic N) is 1. The Hall–Kier alpha value is -1.37. The summed E-state index contributed by atoms with van der Waals surface area (Å²) in [4.78, 5) is 3.20. The van der Waals surface area contributed by atoms with E-state index in [1.807, 2.05) is 24.4 Å². The fourth-order valence-corrected chi connectivity index (χ4v) is 2.65. The van der Waals surface area contributed by atoms with Crippen molar-refractivity contribution in [1.82, 2.24) is 14.6 Å². The fraction of sp³-hybridized carbons (Fsp3) is 0.385. The molecule has 19 heavy (non-hydrogen) atoms. The van der Waals surface area contributed by atoms with Gasteiger partial charge in [-0.3, -0.25) is 0 Å². The molecule has 0 bridgehead atoms. The second kappa shape index (κ2) is 5.73. The van der Waals surface area contributed by atoms with Gasteiger partial charge in [0.2, 0.25) is 10.0 Å². The molecule has 104 valence electrons. The Bertz CT molecular complexity index is 647. The van der Waals surface area contributed by atoms with Gasteiger partial charge in [-0.1, -0.05) is 18.2 Å². The van der Waals surface area contributed by atoms with Gasteiger partial charge in [-0.05, 0) is 11.6 Å². The molecule has 2 aromatic rings. The molecule has 1 aromatic carbocycles. The van der Waals surface area contributed by atoms with Gasteiger partial charge in [-0.15, -0.1) is 0 Å². The van der Waals surface area contributed by atoms with Crippen LogP contribution in [-0.2, 0) is 16.6 Å². The zero-order valence-electron chi connectivity index (χ0n) is 11.2. The predicted molar refractivity (Wildman–Crippen MR) is 77.5 cm³/mol. The largest absolute Gasteiger partial charge is 0.361 e. The number of H-pyrrole nitrogens is 1. The van der Waals surface area contributed by atoms with E-state index in [2.05, 4.69) is 16.4 Å². The number of hydrogen-bond acceptors (Lipinski definition) is 3. The molecule has 6 heteroatoms. The topological polar surface area (TPSA) is 65.2 Å². The first kappa shape index (κ1) is 14.0. The lowest BCUT2D eigenvalue weighted by atomic mass is 10.2. The zero-order valence-corrected chi connectivity index (χ0v) is 12.0. The summed E-state index contributed by atoms with van der Waals surface area (Å²) in [7, 11) is -0.0175. The second-order valence-electron chi connectivity index (χ2n) is 4.63. The highest BCUT2D eigenvalue weighted by Gasteiger charge is 2.12. The Kier molecular flexibility index (Phi) is 4.24. The van der Waals surface area contributed by atoms with Crippen molar-refractivity contribution in [3.8, 4) is 0 Å². The summed E-state index contributed by atoms with van der Waals surface area (Å²) in [5, 5.41) is 4.34. The van der Waals surface area contributed by atoms with Gasteiger partial charge in [0.1, 0.15) is 0 Å². The minimum Gasteiger partial charge on any atom is -0.361 e. The van der Waals surface area contributed by atoms with E-state index in [9.17, 15) is 8.42 Å². The highest BCUT2D eigenvalue weighted by Crippen LogP contribution is 2.17. The van der Waals surface area contributed by atoms with Gasteiger partial charge in [-0.2, -0.15) is 0 Å². The standard InChI is InChI=1S/C13H19N3O2S/c1-16(2)19(17,18)8-7-14-9-11-10-15-13-6-4-3-5-12(11)13/h3-6,10,14-15H,7-9H2,1-2H3. The van der Waals surface area contributed by atoms with Crippen molar-refractivity contribution in [2.75, 3.05) is 26.4 Å². The Morgan fingerprint density at radius 3 is 2.74 bits per heavy atom. The molecule has 0 saturated carbocycles. The molecule has 0 saturated heterocycles. The average molecular weight is 281 g/mol. The van der Waals surface area contributed by atoms with Crippen molar-refractivity contribution < 1.29 is 8.42 Å². The molecule has 0 aliphatic rings. The summed E-state index contributed by atoms with van der Waals surface area (Å²) in [5.74, 6) is 0.113. The first-order valence-corrected chi connectivity index (χ1v) is 7.77. The first-order valence-electron chi connectivity index (χ1n) is 6.16. The van der Waals surface area contributed by atoms with Crippen LogP contribution in [0.2, 0.25) is 0 Å². The van der Waals surface area contributed by atoms with Gasteiger partial charge in [-0.25, -0.2) is 12.7 Å². The third-order valence-corrected chi connectivity index (χ3v) is 4.92. The third kappa shape index (κ3) is 3.34. The fourth-order valence-electron chi connectivity index (χ4n) is 1.88. The molecule has 1 aromatic heterocycles. The molecule has 0 spiro atoms. The van der Waals surface area contributed by atoms with Gasteiger partial charge in [0.05, 0.1) is 5.75 Å². The highest BCUT2D eigenvalue weighted by atomic mass is 32.2. The Labute approximate surface area is 113 Å². The van der Waals surface area contributed by atoms with Crippen molar-refractivity contribution in [2.24, 2.45) is 0 Å². The molecule has 0 fully saturated rings. The number of aromatic nitrogens is 1. The zero-order chi connectivity index (χ0) is 13.9. The highest BCUT2D eigenvalue weighted by molar-refractivity contribution is 7.89. The molecule has 5 nitrogen and oxygen atoms in total. The van der Waals surface area contributed by atoms with Crippen molar-refractivity contribution >= 4 is 20.9 Å². The Morgan fingerprint density at radius 2 is 2.00 bits per heavy atom. The van der Waals surface area contributed by atoms with E-state index in [1.165, 1.54) is 9.69 Å². The second-order valence-corrected chi connectivity index (χ2v) is 6.94. The van der Waals surface area contributed by atoms with E-state index in [0.717, 1.165) is 11.1 Å². The molecule has 0 aliphatic carbocycles. The molecule has 0 atom stereocenters. The summed E-state index contributed by atoms with van der Waals surface area (Å²) >= 11 is 0. The maximum atomic E-state index is 11.6. The summed E-state index contributed by atoms with van der Waals surface area (Å²) in [6, 6.07) is 8.06. The van der Waals surface area contributed by atoms with Crippen molar-refractivity contribution in [2.45, 2.75) is 6.54 Å². The molecule has 2 rings (SSSR count). The predicted octanol–water partition coefficient (Wildman–Crippen LogP) is 1.15.